The van der Waals surface area contributed by atoms with Gasteiger partial charge in [0, 0.05) is 18.3 Å². The Morgan fingerprint density at radius 2 is 2.04 bits per heavy atom. The van der Waals surface area contributed by atoms with E-state index in [4.69, 9.17) is 9.84 Å². The number of hydrogen-bond acceptors (Lipinski definition) is 5. The Kier molecular flexibility index (Phi) is 6.31. The molecule has 0 aliphatic rings. The van der Waals surface area contributed by atoms with Crippen molar-refractivity contribution in [1.29, 1.82) is 0 Å². The Balaban J connectivity index is 1.90. The SMILES string of the molecule is CCC(C(=O)NCCc1nc(C(=O)O)cs1)c1ccc(OC)cc1. The van der Waals surface area contributed by atoms with Gasteiger partial charge in [0.15, 0.2) is 5.69 Å². The third-order valence-electron chi connectivity index (χ3n) is 3.65. The van der Waals surface area contributed by atoms with Gasteiger partial charge in [-0.2, -0.15) is 0 Å². The van der Waals surface area contributed by atoms with Gasteiger partial charge in [-0.15, -0.1) is 11.3 Å². The van der Waals surface area contributed by atoms with Crippen molar-refractivity contribution in [3.63, 3.8) is 0 Å². The average molecular weight is 348 g/mol. The van der Waals surface area contributed by atoms with Crippen molar-refractivity contribution >= 4 is 23.2 Å². The van der Waals surface area contributed by atoms with Gasteiger partial charge in [0.1, 0.15) is 5.75 Å². The van der Waals surface area contributed by atoms with Gasteiger partial charge in [0.05, 0.1) is 18.0 Å². The number of aromatic nitrogens is 1. The highest BCUT2D eigenvalue weighted by Crippen LogP contribution is 2.22. The van der Waals surface area contributed by atoms with Crippen LogP contribution in [0, 0.1) is 0 Å². The van der Waals surface area contributed by atoms with E-state index in [1.165, 1.54) is 16.7 Å². The van der Waals surface area contributed by atoms with Crippen LogP contribution in [0.15, 0.2) is 29.6 Å². The highest BCUT2D eigenvalue weighted by molar-refractivity contribution is 7.09. The summed E-state index contributed by atoms with van der Waals surface area (Å²) in [6, 6.07) is 7.47. The topological polar surface area (TPSA) is 88.5 Å². The summed E-state index contributed by atoms with van der Waals surface area (Å²) >= 11 is 1.29. The first kappa shape index (κ1) is 17.9. The second-order valence-corrected chi connectivity index (χ2v) is 6.15. The van der Waals surface area contributed by atoms with Crippen molar-refractivity contribution in [3.8, 4) is 5.75 Å². The predicted octanol–water partition coefficient (Wildman–Crippen LogP) is 2.70. The van der Waals surface area contributed by atoms with Gasteiger partial charge in [0.25, 0.3) is 0 Å². The third-order valence-corrected chi connectivity index (χ3v) is 4.56. The van der Waals surface area contributed by atoms with Crippen molar-refractivity contribution in [2.75, 3.05) is 13.7 Å². The average Bonchev–Trinajstić information content (AvgIpc) is 3.05. The number of methoxy groups -OCH3 is 1. The molecular formula is C17H20N2O4S. The summed E-state index contributed by atoms with van der Waals surface area (Å²) in [5, 5.41) is 13.9. The van der Waals surface area contributed by atoms with Crippen LogP contribution >= 0.6 is 11.3 Å². The molecule has 2 rings (SSSR count). The number of thiazole rings is 1. The van der Waals surface area contributed by atoms with E-state index < -0.39 is 5.97 Å². The quantitative estimate of drug-likeness (QED) is 0.766. The van der Waals surface area contributed by atoms with Gasteiger partial charge in [0.2, 0.25) is 5.91 Å². The molecule has 0 saturated heterocycles. The number of carbonyl (C=O) groups is 2. The molecule has 0 fully saturated rings. The Hall–Kier alpha value is -2.41. The Morgan fingerprint density at radius 3 is 2.58 bits per heavy atom. The molecule has 0 bridgehead atoms. The van der Waals surface area contributed by atoms with Gasteiger partial charge in [-0.3, -0.25) is 4.79 Å². The summed E-state index contributed by atoms with van der Waals surface area (Å²) in [4.78, 5) is 27.2. The molecule has 2 aromatic rings. The van der Waals surface area contributed by atoms with E-state index in [1.54, 1.807) is 7.11 Å². The summed E-state index contributed by atoms with van der Waals surface area (Å²) in [6.45, 7) is 2.40. The van der Waals surface area contributed by atoms with Crippen molar-refractivity contribution in [2.45, 2.75) is 25.7 Å². The summed E-state index contributed by atoms with van der Waals surface area (Å²) in [6.07, 6.45) is 1.21. The van der Waals surface area contributed by atoms with Crippen molar-refractivity contribution in [3.05, 3.63) is 45.9 Å². The van der Waals surface area contributed by atoms with E-state index in [2.05, 4.69) is 10.3 Å². The van der Waals surface area contributed by atoms with Crippen LogP contribution < -0.4 is 10.1 Å². The molecule has 0 aliphatic carbocycles. The van der Waals surface area contributed by atoms with Crippen LogP contribution in [0.2, 0.25) is 0 Å². The minimum Gasteiger partial charge on any atom is -0.497 e. The fourth-order valence-electron chi connectivity index (χ4n) is 2.35. The number of carboxylic acids is 1. The van der Waals surface area contributed by atoms with E-state index in [-0.39, 0.29) is 17.5 Å². The standard InChI is InChI=1S/C17H20N2O4S/c1-3-13(11-4-6-12(23-2)7-5-11)16(20)18-9-8-15-19-14(10-24-15)17(21)22/h4-7,10,13H,3,8-9H2,1-2H3,(H,18,20)(H,21,22). The van der Waals surface area contributed by atoms with E-state index in [9.17, 15) is 9.59 Å². The Morgan fingerprint density at radius 1 is 1.33 bits per heavy atom. The van der Waals surface area contributed by atoms with Crippen molar-refractivity contribution in [2.24, 2.45) is 0 Å². The van der Waals surface area contributed by atoms with E-state index in [0.29, 0.717) is 24.4 Å². The smallest absolute Gasteiger partial charge is 0.355 e. The lowest BCUT2D eigenvalue weighted by Gasteiger charge is -2.15. The minimum absolute atomic E-state index is 0.0438. The summed E-state index contributed by atoms with van der Waals surface area (Å²) < 4.78 is 5.13. The Labute approximate surface area is 144 Å². The summed E-state index contributed by atoms with van der Waals surface area (Å²) in [7, 11) is 1.60. The first-order chi connectivity index (χ1) is 11.5. The van der Waals surface area contributed by atoms with Crippen LogP contribution in [0.5, 0.6) is 5.75 Å². The molecule has 7 heteroatoms. The van der Waals surface area contributed by atoms with Crippen LogP contribution in [0.25, 0.3) is 0 Å². The highest BCUT2D eigenvalue weighted by atomic mass is 32.1. The molecule has 1 amide bonds. The second kappa shape index (κ2) is 8.44. The number of benzene rings is 1. The number of amides is 1. The Bertz CT molecular complexity index is 697. The molecule has 1 aromatic heterocycles. The van der Waals surface area contributed by atoms with Crippen LogP contribution in [0.1, 0.15) is 40.3 Å². The molecule has 0 radical (unpaired) electrons. The number of ether oxygens (including phenoxy) is 1. The van der Waals surface area contributed by atoms with Gasteiger partial charge < -0.3 is 15.2 Å². The monoisotopic (exact) mass is 348 g/mol. The highest BCUT2D eigenvalue weighted by Gasteiger charge is 2.18. The third kappa shape index (κ3) is 4.55. The van der Waals surface area contributed by atoms with E-state index in [1.807, 2.05) is 31.2 Å². The molecule has 0 saturated carbocycles. The lowest BCUT2D eigenvalue weighted by molar-refractivity contribution is -0.122. The fourth-order valence-corrected chi connectivity index (χ4v) is 3.12. The van der Waals surface area contributed by atoms with Gasteiger partial charge in [-0.1, -0.05) is 19.1 Å². The summed E-state index contributed by atoms with van der Waals surface area (Å²) in [5.41, 5.74) is 0.990. The zero-order chi connectivity index (χ0) is 17.5. The molecule has 1 unspecified atom stereocenters. The zero-order valence-corrected chi connectivity index (χ0v) is 14.4. The molecule has 1 atom stereocenters. The summed E-state index contributed by atoms with van der Waals surface area (Å²) in [5.74, 6) is -0.543. The molecule has 1 heterocycles. The second-order valence-electron chi connectivity index (χ2n) is 5.21. The molecule has 0 spiro atoms. The minimum atomic E-state index is -1.04. The molecular weight excluding hydrogens is 328 g/mol. The number of nitrogens with one attached hydrogen (secondary N) is 1. The fraction of sp³-hybridized carbons (Fsp3) is 0.353. The van der Waals surface area contributed by atoms with Crippen LogP contribution in [-0.2, 0) is 11.2 Å². The number of nitrogens with zero attached hydrogens (tertiary/aromatic N) is 1. The van der Waals surface area contributed by atoms with Gasteiger partial charge in [-0.05, 0) is 24.1 Å². The van der Waals surface area contributed by atoms with Crippen LogP contribution in [-0.4, -0.2) is 35.6 Å². The van der Waals surface area contributed by atoms with Crippen LogP contribution in [0.4, 0.5) is 0 Å². The number of hydrogen-bond donors (Lipinski definition) is 2. The molecule has 0 aliphatic heterocycles. The zero-order valence-electron chi connectivity index (χ0n) is 13.6. The first-order valence-corrected chi connectivity index (χ1v) is 8.52. The molecule has 128 valence electrons. The maximum absolute atomic E-state index is 12.4. The lowest BCUT2D eigenvalue weighted by Crippen LogP contribution is -2.30. The number of rotatable bonds is 8. The molecule has 1 aromatic carbocycles. The normalized spacial score (nSPS) is 11.8. The van der Waals surface area contributed by atoms with Crippen molar-refractivity contribution in [1.82, 2.24) is 10.3 Å². The van der Waals surface area contributed by atoms with E-state index in [0.717, 1.165) is 11.3 Å². The van der Waals surface area contributed by atoms with Gasteiger partial charge >= 0.3 is 5.97 Å². The number of carbonyl (C=O) groups excluding carboxylic acids is 1. The molecule has 2 N–H and O–H groups in total. The first-order valence-electron chi connectivity index (χ1n) is 7.64. The predicted molar refractivity (Wildman–Crippen MR) is 91.8 cm³/mol. The molecule has 24 heavy (non-hydrogen) atoms. The largest absolute Gasteiger partial charge is 0.497 e. The van der Waals surface area contributed by atoms with Crippen LogP contribution in [0.3, 0.4) is 0 Å². The van der Waals surface area contributed by atoms with Gasteiger partial charge in [-0.25, -0.2) is 9.78 Å². The maximum atomic E-state index is 12.4. The van der Waals surface area contributed by atoms with Crippen molar-refractivity contribution < 1.29 is 19.4 Å². The maximum Gasteiger partial charge on any atom is 0.355 e. The lowest BCUT2D eigenvalue weighted by atomic mass is 9.95. The number of aromatic carboxylic acids is 1. The number of carboxylic acid groups (broad SMARTS) is 1. The molecule has 6 nitrogen and oxygen atoms in total. The van der Waals surface area contributed by atoms with E-state index >= 15 is 0 Å².